The number of rotatable bonds is 3. The molecular weight excluding hydrogens is 186 g/mol. The van der Waals surface area contributed by atoms with Gasteiger partial charge in [0.15, 0.2) is 0 Å². The Bertz CT molecular complexity index is 403. The highest BCUT2D eigenvalue weighted by Gasteiger charge is 2.01. The van der Waals surface area contributed by atoms with Gasteiger partial charge in [-0.3, -0.25) is 0 Å². The number of hydrogen-bond acceptors (Lipinski definition) is 2. The van der Waals surface area contributed by atoms with Gasteiger partial charge in [0.1, 0.15) is 5.82 Å². The van der Waals surface area contributed by atoms with Crippen molar-refractivity contribution < 1.29 is 0 Å². The molecule has 78 valence electrons. The molecule has 0 amide bonds. The van der Waals surface area contributed by atoms with Crippen molar-refractivity contribution in [1.82, 2.24) is 4.98 Å². The van der Waals surface area contributed by atoms with E-state index in [1.165, 1.54) is 5.56 Å². The Morgan fingerprint density at radius 1 is 1.20 bits per heavy atom. The van der Waals surface area contributed by atoms with Crippen molar-refractivity contribution in [3.63, 3.8) is 0 Å². The summed E-state index contributed by atoms with van der Waals surface area (Å²) in [4.78, 5) is 5.33. The van der Waals surface area contributed by atoms with Gasteiger partial charge in [-0.1, -0.05) is 12.1 Å². The fraction of sp³-hybridized carbons (Fsp3) is 0.167. The average molecular weight is 201 g/mol. The zero-order valence-electron chi connectivity index (χ0n) is 8.77. The predicted molar refractivity (Wildman–Crippen MR) is 63.8 cm³/mol. The van der Waals surface area contributed by atoms with Gasteiger partial charge in [-0.15, -0.1) is 0 Å². The monoisotopic (exact) mass is 201 g/mol. The second kappa shape index (κ2) is 4.09. The summed E-state index contributed by atoms with van der Waals surface area (Å²) in [5.41, 5.74) is 7.69. The van der Waals surface area contributed by atoms with Crippen molar-refractivity contribution >= 4 is 11.5 Å². The molecule has 1 aromatic carbocycles. The normalized spacial score (nSPS) is 10.2. The summed E-state index contributed by atoms with van der Waals surface area (Å²) in [5.74, 6) is 1.12. The molecule has 15 heavy (non-hydrogen) atoms. The molecule has 0 aliphatic rings. The van der Waals surface area contributed by atoms with Crippen LogP contribution in [0, 0.1) is 0 Å². The molecule has 0 unspecified atom stereocenters. The van der Waals surface area contributed by atoms with Gasteiger partial charge in [0, 0.05) is 25.5 Å². The quantitative estimate of drug-likeness (QED) is 0.748. The van der Waals surface area contributed by atoms with Crippen LogP contribution in [0.5, 0.6) is 0 Å². The van der Waals surface area contributed by atoms with Gasteiger partial charge in [0.2, 0.25) is 0 Å². The number of nitrogens with zero attached hydrogens (tertiary/aromatic N) is 1. The van der Waals surface area contributed by atoms with E-state index in [9.17, 15) is 0 Å². The summed E-state index contributed by atoms with van der Waals surface area (Å²) in [6.07, 6.45) is 1.93. The summed E-state index contributed by atoms with van der Waals surface area (Å²) in [5, 5.41) is 0. The number of anilines is 2. The third kappa shape index (κ3) is 2.31. The minimum Gasteiger partial charge on any atom is -0.399 e. The first-order chi connectivity index (χ1) is 7.25. The lowest BCUT2D eigenvalue weighted by atomic mass is 10.2. The highest BCUT2D eigenvalue weighted by molar-refractivity contribution is 5.42. The molecule has 2 rings (SSSR count). The first-order valence-electron chi connectivity index (χ1n) is 4.94. The Kier molecular flexibility index (Phi) is 2.63. The van der Waals surface area contributed by atoms with Crippen molar-refractivity contribution in [2.45, 2.75) is 6.54 Å². The van der Waals surface area contributed by atoms with Crippen LogP contribution in [-0.4, -0.2) is 12.0 Å². The Balaban J connectivity index is 2.06. The van der Waals surface area contributed by atoms with Gasteiger partial charge in [-0.25, -0.2) is 0 Å². The van der Waals surface area contributed by atoms with Crippen LogP contribution in [0.25, 0.3) is 0 Å². The van der Waals surface area contributed by atoms with E-state index >= 15 is 0 Å². The Morgan fingerprint density at radius 2 is 1.93 bits per heavy atom. The fourth-order valence-electron chi connectivity index (χ4n) is 1.54. The lowest BCUT2D eigenvalue weighted by molar-refractivity contribution is 0.905. The lowest BCUT2D eigenvalue weighted by Crippen LogP contribution is -2.16. The molecule has 0 fully saturated rings. The number of H-pyrrole nitrogens is 1. The Morgan fingerprint density at radius 3 is 2.53 bits per heavy atom. The maximum Gasteiger partial charge on any atom is 0.105 e. The first kappa shape index (κ1) is 9.65. The largest absolute Gasteiger partial charge is 0.399 e. The molecule has 0 saturated heterocycles. The minimum absolute atomic E-state index is 0.807. The standard InChI is InChI=1S/C12H15N3/c1-15(12-3-2-8-14-12)9-10-4-6-11(13)7-5-10/h2-8,14H,9,13H2,1H3. The van der Waals surface area contributed by atoms with Crippen LogP contribution in [0.4, 0.5) is 11.5 Å². The summed E-state index contributed by atoms with van der Waals surface area (Å²) in [6.45, 7) is 0.876. The van der Waals surface area contributed by atoms with E-state index < -0.39 is 0 Å². The molecule has 0 atom stereocenters. The van der Waals surface area contributed by atoms with E-state index in [4.69, 9.17) is 5.73 Å². The van der Waals surface area contributed by atoms with Gasteiger partial charge >= 0.3 is 0 Å². The molecule has 0 spiro atoms. The second-order valence-electron chi connectivity index (χ2n) is 3.65. The number of aromatic nitrogens is 1. The van der Waals surface area contributed by atoms with E-state index in [1.807, 2.05) is 24.4 Å². The minimum atomic E-state index is 0.807. The molecule has 0 aliphatic heterocycles. The van der Waals surface area contributed by atoms with Crippen molar-refractivity contribution in [1.29, 1.82) is 0 Å². The van der Waals surface area contributed by atoms with Crippen molar-refractivity contribution in [3.8, 4) is 0 Å². The molecule has 3 heteroatoms. The SMILES string of the molecule is CN(Cc1ccc(N)cc1)c1ccc[nH]1. The number of nitrogen functional groups attached to an aromatic ring is 1. The van der Waals surface area contributed by atoms with E-state index in [0.717, 1.165) is 18.1 Å². The highest BCUT2D eigenvalue weighted by atomic mass is 15.2. The van der Waals surface area contributed by atoms with E-state index in [1.54, 1.807) is 0 Å². The summed E-state index contributed by atoms with van der Waals surface area (Å²) < 4.78 is 0. The molecule has 2 aromatic rings. The van der Waals surface area contributed by atoms with Gasteiger partial charge < -0.3 is 15.6 Å². The van der Waals surface area contributed by atoms with Crippen LogP contribution in [0.15, 0.2) is 42.6 Å². The Labute approximate surface area is 89.5 Å². The molecule has 0 radical (unpaired) electrons. The predicted octanol–water partition coefficient (Wildman–Crippen LogP) is 2.23. The summed E-state index contributed by atoms with van der Waals surface area (Å²) in [7, 11) is 2.06. The highest BCUT2D eigenvalue weighted by Crippen LogP contribution is 2.13. The first-order valence-corrected chi connectivity index (χ1v) is 4.94. The van der Waals surface area contributed by atoms with Crippen LogP contribution in [-0.2, 0) is 6.54 Å². The molecule has 3 N–H and O–H groups in total. The van der Waals surface area contributed by atoms with Crippen LogP contribution in [0.1, 0.15) is 5.56 Å². The van der Waals surface area contributed by atoms with E-state index in [-0.39, 0.29) is 0 Å². The third-order valence-corrected chi connectivity index (χ3v) is 2.39. The zero-order valence-corrected chi connectivity index (χ0v) is 8.77. The van der Waals surface area contributed by atoms with Crippen LogP contribution in [0.2, 0.25) is 0 Å². The number of benzene rings is 1. The van der Waals surface area contributed by atoms with Crippen LogP contribution < -0.4 is 10.6 Å². The van der Waals surface area contributed by atoms with Crippen molar-refractivity contribution in [2.24, 2.45) is 0 Å². The molecule has 1 aromatic heterocycles. The van der Waals surface area contributed by atoms with Crippen molar-refractivity contribution in [2.75, 3.05) is 17.7 Å². The molecular formula is C12H15N3. The fourth-order valence-corrected chi connectivity index (χ4v) is 1.54. The Hall–Kier alpha value is -1.90. The average Bonchev–Trinajstić information content (AvgIpc) is 2.74. The maximum absolute atomic E-state index is 5.63. The number of hydrogen-bond donors (Lipinski definition) is 2. The smallest absolute Gasteiger partial charge is 0.105 e. The van der Waals surface area contributed by atoms with Gasteiger partial charge in [-0.2, -0.15) is 0 Å². The molecule has 0 bridgehead atoms. The van der Waals surface area contributed by atoms with Crippen LogP contribution in [0.3, 0.4) is 0 Å². The molecule has 1 heterocycles. The number of aromatic amines is 1. The van der Waals surface area contributed by atoms with Crippen LogP contribution >= 0.6 is 0 Å². The topological polar surface area (TPSA) is 45.0 Å². The molecule has 0 saturated carbocycles. The second-order valence-corrected chi connectivity index (χ2v) is 3.65. The summed E-state index contributed by atoms with van der Waals surface area (Å²) in [6, 6.07) is 12.0. The maximum atomic E-state index is 5.63. The number of nitrogens with two attached hydrogens (primary N) is 1. The zero-order chi connectivity index (χ0) is 10.7. The third-order valence-electron chi connectivity index (χ3n) is 2.39. The summed E-state index contributed by atoms with van der Waals surface area (Å²) >= 11 is 0. The van der Waals surface area contributed by atoms with Gasteiger partial charge in [0.05, 0.1) is 0 Å². The van der Waals surface area contributed by atoms with Crippen molar-refractivity contribution in [3.05, 3.63) is 48.2 Å². The van der Waals surface area contributed by atoms with Gasteiger partial charge in [-0.05, 0) is 29.8 Å². The van der Waals surface area contributed by atoms with E-state index in [2.05, 4.69) is 35.1 Å². The van der Waals surface area contributed by atoms with E-state index in [0.29, 0.717) is 0 Å². The molecule has 0 aliphatic carbocycles. The molecule has 3 nitrogen and oxygen atoms in total. The van der Waals surface area contributed by atoms with Gasteiger partial charge in [0.25, 0.3) is 0 Å². The lowest BCUT2D eigenvalue weighted by Gasteiger charge is -2.17. The number of nitrogens with one attached hydrogen (secondary N) is 1.